The van der Waals surface area contributed by atoms with Gasteiger partial charge in [0.15, 0.2) is 0 Å². The summed E-state index contributed by atoms with van der Waals surface area (Å²) in [5, 5.41) is 6.45. The van der Waals surface area contributed by atoms with Crippen LogP contribution in [0.1, 0.15) is 12.0 Å². The molecule has 0 saturated carbocycles. The summed E-state index contributed by atoms with van der Waals surface area (Å²) < 4.78 is 13.3. The molecule has 2 N–H and O–H groups in total. The number of benzene rings is 1. The molecule has 0 amide bonds. The second-order valence-corrected chi connectivity index (χ2v) is 3.82. The van der Waals surface area contributed by atoms with E-state index in [1.54, 1.807) is 6.07 Å². The minimum absolute atomic E-state index is 0.164. The Balaban J connectivity index is 2.10. The summed E-state index contributed by atoms with van der Waals surface area (Å²) in [4.78, 5) is 0. The summed E-state index contributed by atoms with van der Waals surface area (Å²) in [6.07, 6.45) is 1.06. The first-order valence-electron chi connectivity index (χ1n) is 4.99. The Kier molecular flexibility index (Phi) is 2.68. The van der Waals surface area contributed by atoms with Crippen molar-refractivity contribution < 1.29 is 4.39 Å². The van der Waals surface area contributed by atoms with Crippen LogP contribution in [-0.4, -0.2) is 19.1 Å². The van der Waals surface area contributed by atoms with Crippen LogP contribution in [0, 0.1) is 12.7 Å². The molecule has 0 aliphatic carbocycles. The van der Waals surface area contributed by atoms with Gasteiger partial charge < -0.3 is 10.6 Å². The van der Waals surface area contributed by atoms with Crippen LogP contribution in [0.25, 0.3) is 0 Å². The Labute approximate surface area is 83.5 Å². The molecule has 1 heterocycles. The van der Waals surface area contributed by atoms with Gasteiger partial charge in [0.05, 0.1) is 5.69 Å². The van der Waals surface area contributed by atoms with Crippen molar-refractivity contribution in [2.75, 3.05) is 18.4 Å². The van der Waals surface area contributed by atoms with Gasteiger partial charge in [0, 0.05) is 12.6 Å². The van der Waals surface area contributed by atoms with Crippen LogP contribution in [0.4, 0.5) is 10.1 Å². The van der Waals surface area contributed by atoms with E-state index < -0.39 is 0 Å². The van der Waals surface area contributed by atoms with Crippen molar-refractivity contribution in [2.24, 2.45) is 0 Å². The molecular weight excluding hydrogens is 179 g/mol. The predicted octanol–water partition coefficient (Wildman–Crippen LogP) is 1.91. The number of hydrogen-bond donors (Lipinski definition) is 2. The van der Waals surface area contributed by atoms with E-state index in [0.29, 0.717) is 11.7 Å². The first-order chi connectivity index (χ1) is 6.75. The third kappa shape index (κ3) is 2.04. The lowest BCUT2D eigenvalue weighted by Crippen LogP contribution is -2.22. The molecule has 0 bridgehead atoms. The van der Waals surface area contributed by atoms with Crippen molar-refractivity contribution in [3.8, 4) is 0 Å². The number of halogens is 1. The van der Waals surface area contributed by atoms with E-state index in [0.717, 1.165) is 25.1 Å². The molecule has 1 aliphatic heterocycles. The molecule has 0 radical (unpaired) electrons. The Morgan fingerprint density at radius 3 is 3.07 bits per heavy atom. The monoisotopic (exact) mass is 194 g/mol. The zero-order valence-corrected chi connectivity index (χ0v) is 8.31. The average Bonchev–Trinajstić information content (AvgIpc) is 2.64. The van der Waals surface area contributed by atoms with Gasteiger partial charge in [0.2, 0.25) is 0 Å². The second-order valence-electron chi connectivity index (χ2n) is 3.82. The van der Waals surface area contributed by atoms with Crippen molar-refractivity contribution in [3.63, 3.8) is 0 Å². The molecule has 1 atom stereocenters. The summed E-state index contributed by atoms with van der Waals surface area (Å²) in [7, 11) is 0. The molecule has 2 rings (SSSR count). The van der Waals surface area contributed by atoms with Gasteiger partial charge in [-0.15, -0.1) is 0 Å². The van der Waals surface area contributed by atoms with Crippen LogP contribution < -0.4 is 10.6 Å². The van der Waals surface area contributed by atoms with Gasteiger partial charge in [-0.25, -0.2) is 4.39 Å². The van der Waals surface area contributed by atoms with Crippen molar-refractivity contribution >= 4 is 5.69 Å². The number of rotatable bonds is 2. The molecule has 1 saturated heterocycles. The van der Waals surface area contributed by atoms with E-state index in [2.05, 4.69) is 10.6 Å². The molecule has 3 heteroatoms. The molecule has 1 aromatic carbocycles. The van der Waals surface area contributed by atoms with E-state index in [4.69, 9.17) is 0 Å². The molecule has 0 spiro atoms. The topological polar surface area (TPSA) is 24.1 Å². The van der Waals surface area contributed by atoms with Crippen LogP contribution in [0.2, 0.25) is 0 Å². The molecule has 1 aliphatic rings. The summed E-state index contributed by atoms with van der Waals surface area (Å²) in [5.41, 5.74) is 1.71. The van der Waals surface area contributed by atoms with E-state index >= 15 is 0 Å². The van der Waals surface area contributed by atoms with Crippen molar-refractivity contribution in [1.82, 2.24) is 5.32 Å². The highest BCUT2D eigenvalue weighted by atomic mass is 19.1. The minimum atomic E-state index is -0.164. The van der Waals surface area contributed by atoms with Gasteiger partial charge in [-0.3, -0.25) is 0 Å². The third-order valence-electron chi connectivity index (χ3n) is 2.54. The fourth-order valence-electron chi connectivity index (χ4n) is 1.75. The number of aryl methyl sites for hydroxylation is 1. The molecular formula is C11H15FN2. The number of nitrogens with one attached hydrogen (secondary N) is 2. The highest BCUT2D eigenvalue weighted by Gasteiger charge is 2.15. The summed E-state index contributed by atoms with van der Waals surface area (Å²) in [5.74, 6) is -0.164. The minimum Gasteiger partial charge on any atom is -0.379 e. The largest absolute Gasteiger partial charge is 0.379 e. The zero-order valence-electron chi connectivity index (χ0n) is 8.31. The average molecular weight is 194 g/mol. The predicted molar refractivity (Wildman–Crippen MR) is 56.0 cm³/mol. The first-order valence-corrected chi connectivity index (χ1v) is 4.99. The van der Waals surface area contributed by atoms with Crippen molar-refractivity contribution in [2.45, 2.75) is 19.4 Å². The summed E-state index contributed by atoms with van der Waals surface area (Å²) in [6.45, 7) is 3.91. The Hall–Kier alpha value is -1.09. The zero-order chi connectivity index (χ0) is 9.97. The molecule has 1 unspecified atom stereocenters. The van der Waals surface area contributed by atoms with Gasteiger partial charge >= 0.3 is 0 Å². The van der Waals surface area contributed by atoms with Gasteiger partial charge in [0.25, 0.3) is 0 Å². The normalized spacial score (nSPS) is 21.1. The molecule has 0 aromatic heterocycles. The van der Waals surface area contributed by atoms with Gasteiger partial charge in [-0.05, 0) is 37.6 Å². The Morgan fingerprint density at radius 2 is 2.36 bits per heavy atom. The summed E-state index contributed by atoms with van der Waals surface area (Å²) >= 11 is 0. The van der Waals surface area contributed by atoms with E-state index in [1.165, 1.54) is 6.07 Å². The van der Waals surface area contributed by atoms with E-state index in [1.807, 2.05) is 13.0 Å². The summed E-state index contributed by atoms with van der Waals surface area (Å²) in [6, 6.07) is 5.52. The van der Waals surface area contributed by atoms with Crippen LogP contribution in [0.3, 0.4) is 0 Å². The highest BCUT2D eigenvalue weighted by Crippen LogP contribution is 2.17. The Bertz CT molecular complexity index is 319. The number of hydrogen-bond acceptors (Lipinski definition) is 2. The molecule has 2 nitrogen and oxygen atoms in total. The molecule has 1 aromatic rings. The fraction of sp³-hybridized carbons (Fsp3) is 0.455. The standard InChI is InChI=1S/C11H15FN2/c1-8-2-3-10(12)11(6-8)14-9-4-5-13-7-9/h2-3,6,9,13-14H,4-5,7H2,1H3. The number of anilines is 1. The van der Waals surface area contributed by atoms with Crippen LogP contribution in [0.15, 0.2) is 18.2 Å². The fourth-order valence-corrected chi connectivity index (χ4v) is 1.75. The van der Waals surface area contributed by atoms with Crippen molar-refractivity contribution in [1.29, 1.82) is 0 Å². The quantitative estimate of drug-likeness (QED) is 0.751. The molecule has 76 valence electrons. The lowest BCUT2D eigenvalue weighted by atomic mass is 10.2. The lowest BCUT2D eigenvalue weighted by Gasteiger charge is -2.13. The maximum atomic E-state index is 13.3. The molecule has 14 heavy (non-hydrogen) atoms. The Morgan fingerprint density at radius 1 is 1.50 bits per heavy atom. The second kappa shape index (κ2) is 3.96. The SMILES string of the molecule is Cc1ccc(F)c(NC2CCNC2)c1. The van der Waals surface area contributed by atoms with Gasteiger partial charge in [-0.2, -0.15) is 0 Å². The molecule has 1 fully saturated rings. The van der Waals surface area contributed by atoms with Gasteiger partial charge in [-0.1, -0.05) is 6.07 Å². The smallest absolute Gasteiger partial charge is 0.146 e. The van der Waals surface area contributed by atoms with Crippen LogP contribution in [-0.2, 0) is 0 Å². The maximum absolute atomic E-state index is 13.3. The highest BCUT2D eigenvalue weighted by molar-refractivity contribution is 5.48. The van der Waals surface area contributed by atoms with Crippen molar-refractivity contribution in [3.05, 3.63) is 29.6 Å². The van der Waals surface area contributed by atoms with E-state index in [-0.39, 0.29) is 5.82 Å². The van der Waals surface area contributed by atoms with Crippen LogP contribution in [0.5, 0.6) is 0 Å². The lowest BCUT2D eigenvalue weighted by molar-refractivity contribution is 0.625. The third-order valence-corrected chi connectivity index (χ3v) is 2.54. The van der Waals surface area contributed by atoms with Gasteiger partial charge in [0.1, 0.15) is 5.82 Å². The van der Waals surface area contributed by atoms with E-state index in [9.17, 15) is 4.39 Å². The maximum Gasteiger partial charge on any atom is 0.146 e. The van der Waals surface area contributed by atoms with Crippen LogP contribution >= 0.6 is 0 Å². The first kappa shape index (κ1) is 9.46.